The number of amides is 10. The number of hydrogen-bond donors (Lipinski definition) is 10. The molecule has 10 amide bonds. The number of benzene rings is 2. The average molecular weight is 977 g/mol. The Balaban J connectivity index is 1.18. The summed E-state index contributed by atoms with van der Waals surface area (Å²) in [6.07, 6.45) is 0.253. The molecule has 2 aromatic rings. The van der Waals surface area contributed by atoms with Gasteiger partial charge in [-0.05, 0) is 49.7 Å². The van der Waals surface area contributed by atoms with E-state index in [-0.39, 0.29) is 64.5 Å². The summed E-state index contributed by atoms with van der Waals surface area (Å²) in [7, 11) is 0. The van der Waals surface area contributed by atoms with Crippen molar-refractivity contribution in [2.45, 2.75) is 113 Å². The van der Waals surface area contributed by atoms with Gasteiger partial charge in [0.25, 0.3) is 0 Å². The van der Waals surface area contributed by atoms with Crippen LogP contribution in [0.1, 0.15) is 75.3 Å². The molecule has 70 heavy (non-hydrogen) atoms. The number of nitrogens with two attached hydrogens (primary N) is 2. The van der Waals surface area contributed by atoms with Crippen LogP contribution in [0, 0.1) is 0 Å². The number of carbonyl (C=O) groups excluding carboxylic acids is 10. The molecule has 24 nitrogen and oxygen atoms in total. The van der Waals surface area contributed by atoms with Crippen LogP contribution in [0.5, 0.6) is 0 Å². The van der Waals surface area contributed by atoms with E-state index in [1.54, 1.807) is 60.7 Å². The van der Waals surface area contributed by atoms with Crippen LogP contribution in [0.25, 0.3) is 0 Å². The zero-order valence-electron chi connectivity index (χ0n) is 38.4. The van der Waals surface area contributed by atoms with Gasteiger partial charge in [0.2, 0.25) is 59.1 Å². The normalized spacial score (nSPS) is 17.4. The first kappa shape index (κ1) is 54.7. The first-order chi connectivity index (χ1) is 33.3. The van der Waals surface area contributed by atoms with Crippen LogP contribution < -0.4 is 43.4 Å². The van der Waals surface area contributed by atoms with Gasteiger partial charge in [-0.3, -0.25) is 47.9 Å². The molecule has 2 saturated heterocycles. The molecule has 2 fully saturated rings. The predicted octanol–water partition coefficient (Wildman–Crippen LogP) is -2.89. The summed E-state index contributed by atoms with van der Waals surface area (Å²) in [4.78, 5) is 154. The number of aliphatic carboxylic acids is 2. The molecule has 378 valence electrons. The summed E-state index contributed by atoms with van der Waals surface area (Å²) in [5.41, 5.74) is 11.8. The molecular formula is C46H60N10O14. The Morgan fingerprint density at radius 1 is 0.529 bits per heavy atom. The molecule has 2 heterocycles. The van der Waals surface area contributed by atoms with Crippen molar-refractivity contribution < 1.29 is 67.7 Å². The van der Waals surface area contributed by atoms with Gasteiger partial charge >= 0.3 is 11.9 Å². The molecule has 2 aromatic carbocycles. The molecule has 2 aliphatic rings. The molecule has 0 aliphatic carbocycles. The largest absolute Gasteiger partial charge is 0.480 e. The van der Waals surface area contributed by atoms with Gasteiger partial charge in [0.1, 0.15) is 36.3 Å². The fraction of sp³-hybridized carbons (Fsp3) is 0.478. The Hall–Kier alpha value is -7.92. The second-order valence-electron chi connectivity index (χ2n) is 17.0. The van der Waals surface area contributed by atoms with Gasteiger partial charge in [-0.2, -0.15) is 0 Å². The Morgan fingerprint density at radius 3 is 1.21 bits per heavy atom. The van der Waals surface area contributed by atoms with Crippen LogP contribution in [0.2, 0.25) is 0 Å². The van der Waals surface area contributed by atoms with Gasteiger partial charge < -0.3 is 63.4 Å². The fourth-order valence-corrected chi connectivity index (χ4v) is 7.86. The number of unbranched alkanes of at least 4 members (excludes halogenated alkanes) is 1. The van der Waals surface area contributed by atoms with Gasteiger partial charge in [0, 0.05) is 38.8 Å². The van der Waals surface area contributed by atoms with E-state index in [2.05, 4.69) is 31.9 Å². The number of piperidine rings is 2. The first-order valence-corrected chi connectivity index (χ1v) is 22.7. The highest BCUT2D eigenvalue weighted by Gasteiger charge is 2.35. The zero-order chi connectivity index (χ0) is 51.3. The summed E-state index contributed by atoms with van der Waals surface area (Å²) < 4.78 is 0. The van der Waals surface area contributed by atoms with Crippen molar-refractivity contribution >= 4 is 71.0 Å². The van der Waals surface area contributed by atoms with E-state index in [9.17, 15) is 67.7 Å². The standard InChI is InChI=1S/C46H60N10O14/c47-35(57)23-31(41(63)53-33(45(67)68)21-27-11-3-1-4-12-27)51-39(61)25-55-19-9-15-29(43(55)65)49-37(59)17-7-8-18-38(60)50-30-16-10-20-56(44(30)66)26-40(62)52-32(24-36(48)58)42(64)54-34(46(69)70)22-28-13-5-2-6-14-28/h1-6,11-14,29-34H,7-10,15-26H2,(H2,47,57)(H2,48,58)(H,49,59)(H,50,60)(H,51,61)(H,52,62)(H,53,63)(H,54,64)(H,67,68)(H,69,70)/t29?,30?,31-,32-,33-,34-/m0/s1. The number of nitrogens with zero attached hydrogens (tertiary/aromatic N) is 2. The fourth-order valence-electron chi connectivity index (χ4n) is 7.86. The molecule has 0 saturated carbocycles. The minimum absolute atomic E-state index is 0.0624. The smallest absolute Gasteiger partial charge is 0.326 e. The maximum atomic E-state index is 13.3. The van der Waals surface area contributed by atoms with Crippen molar-refractivity contribution in [2.75, 3.05) is 26.2 Å². The average Bonchev–Trinajstić information content (AvgIpc) is 3.29. The molecule has 0 spiro atoms. The van der Waals surface area contributed by atoms with E-state index in [4.69, 9.17) is 11.5 Å². The van der Waals surface area contributed by atoms with Crippen LogP contribution in [0.15, 0.2) is 60.7 Å². The highest BCUT2D eigenvalue weighted by molar-refractivity contribution is 5.97. The SMILES string of the molecule is NC(=O)C[C@H](NC(=O)CN1CCCC(NC(=O)CCCCC(=O)NC2CCCN(CC(=O)N[C@@H](CC(N)=O)C(=O)N[C@@H](Cc3ccccc3)C(=O)O)C2=O)C1=O)C(=O)N[C@@H](Cc1ccccc1)C(=O)O. The molecule has 12 N–H and O–H groups in total. The van der Waals surface area contributed by atoms with E-state index in [1.807, 2.05) is 0 Å². The minimum atomic E-state index is -1.54. The van der Waals surface area contributed by atoms with E-state index in [1.165, 1.54) is 9.80 Å². The van der Waals surface area contributed by atoms with Crippen molar-refractivity contribution in [3.8, 4) is 0 Å². The third-order valence-corrected chi connectivity index (χ3v) is 11.4. The van der Waals surface area contributed by atoms with Crippen LogP contribution in [0.4, 0.5) is 0 Å². The van der Waals surface area contributed by atoms with Gasteiger partial charge in [-0.25, -0.2) is 9.59 Å². The van der Waals surface area contributed by atoms with Gasteiger partial charge in [-0.1, -0.05) is 60.7 Å². The Morgan fingerprint density at radius 2 is 0.886 bits per heavy atom. The van der Waals surface area contributed by atoms with Crippen LogP contribution in [-0.2, 0) is 70.4 Å². The third kappa shape index (κ3) is 18.3. The maximum absolute atomic E-state index is 13.3. The van der Waals surface area contributed by atoms with Gasteiger partial charge in [0.15, 0.2) is 0 Å². The van der Waals surface area contributed by atoms with Crippen molar-refractivity contribution in [3.63, 3.8) is 0 Å². The lowest BCUT2D eigenvalue weighted by molar-refractivity contribution is -0.143. The molecule has 2 aliphatic heterocycles. The Bertz CT molecular complexity index is 2090. The molecule has 6 atom stereocenters. The van der Waals surface area contributed by atoms with E-state index < -0.39 is 133 Å². The van der Waals surface area contributed by atoms with Gasteiger partial charge in [0.05, 0.1) is 25.9 Å². The van der Waals surface area contributed by atoms with Crippen molar-refractivity contribution in [1.29, 1.82) is 0 Å². The highest BCUT2D eigenvalue weighted by Crippen LogP contribution is 2.15. The Labute approximate surface area is 402 Å². The quantitative estimate of drug-likeness (QED) is 0.0402. The second kappa shape index (κ2) is 27.2. The van der Waals surface area contributed by atoms with E-state index >= 15 is 0 Å². The summed E-state index contributed by atoms with van der Waals surface area (Å²) in [6.45, 7) is -0.774. The monoisotopic (exact) mass is 976 g/mol. The van der Waals surface area contributed by atoms with Crippen molar-refractivity contribution in [2.24, 2.45) is 11.5 Å². The van der Waals surface area contributed by atoms with Crippen molar-refractivity contribution in [1.82, 2.24) is 41.7 Å². The number of rotatable bonds is 27. The van der Waals surface area contributed by atoms with Crippen LogP contribution in [0.3, 0.4) is 0 Å². The summed E-state index contributed by atoms with van der Waals surface area (Å²) in [6, 6.07) is 9.14. The number of nitrogens with one attached hydrogen (secondary N) is 6. The number of carbonyl (C=O) groups is 12. The second-order valence-corrected chi connectivity index (χ2v) is 17.0. The first-order valence-electron chi connectivity index (χ1n) is 22.7. The minimum Gasteiger partial charge on any atom is -0.480 e. The molecule has 0 radical (unpaired) electrons. The lowest BCUT2D eigenvalue weighted by atomic mass is 10.0. The molecule has 24 heteroatoms. The number of hydrogen-bond acceptors (Lipinski definition) is 12. The Kier molecular flexibility index (Phi) is 21.2. The predicted molar refractivity (Wildman–Crippen MR) is 245 cm³/mol. The third-order valence-electron chi connectivity index (χ3n) is 11.4. The van der Waals surface area contributed by atoms with Crippen LogP contribution >= 0.6 is 0 Å². The van der Waals surface area contributed by atoms with Crippen LogP contribution in [-0.4, -0.2) is 153 Å². The molecular weight excluding hydrogens is 917 g/mol. The topological polar surface area (TPSA) is 376 Å². The van der Waals surface area contributed by atoms with Gasteiger partial charge in [-0.15, -0.1) is 0 Å². The lowest BCUT2D eigenvalue weighted by Crippen LogP contribution is -2.57. The molecule has 2 unspecified atom stereocenters. The number of likely N-dealkylation sites (tertiary alicyclic amines) is 2. The molecule has 0 aromatic heterocycles. The lowest BCUT2D eigenvalue weighted by Gasteiger charge is -2.32. The summed E-state index contributed by atoms with van der Waals surface area (Å²) in [5, 5.41) is 34.0. The van der Waals surface area contributed by atoms with Crippen molar-refractivity contribution in [3.05, 3.63) is 71.8 Å². The number of carboxylic acids is 2. The van der Waals surface area contributed by atoms with E-state index in [0.29, 0.717) is 24.0 Å². The number of carboxylic acid groups (broad SMARTS) is 2. The highest BCUT2D eigenvalue weighted by atomic mass is 16.4. The molecule has 0 bridgehead atoms. The maximum Gasteiger partial charge on any atom is 0.326 e. The summed E-state index contributed by atoms with van der Waals surface area (Å²) in [5.74, 6) is -10.3. The van der Waals surface area contributed by atoms with E-state index in [0.717, 1.165) is 0 Å². The number of primary amides is 2. The molecule has 4 rings (SSSR count). The summed E-state index contributed by atoms with van der Waals surface area (Å²) >= 11 is 0. The zero-order valence-corrected chi connectivity index (χ0v) is 38.4.